The molecule has 3 heteroatoms. The SMILES string of the molecule is CC(C)(C)CCCc1cccc(O)c1CCCC(C)(C)C(=O)O. The van der Waals surface area contributed by atoms with Crippen molar-refractivity contribution in [2.45, 2.75) is 73.1 Å². The van der Waals surface area contributed by atoms with Crippen LogP contribution in [0.25, 0.3) is 0 Å². The van der Waals surface area contributed by atoms with Gasteiger partial charge >= 0.3 is 5.97 Å². The molecule has 0 aliphatic heterocycles. The third-order valence-corrected chi connectivity index (χ3v) is 4.43. The number of carbonyl (C=O) groups is 1. The summed E-state index contributed by atoms with van der Waals surface area (Å²) in [5.41, 5.74) is 1.80. The van der Waals surface area contributed by atoms with E-state index in [2.05, 4.69) is 26.8 Å². The van der Waals surface area contributed by atoms with Crippen LogP contribution in [0.1, 0.15) is 71.4 Å². The summed E-state index contributed by atoms with van der Waals surface area (Å²) in [6, 6.07) is 5.71. The standard InChI is InChI=1S/C20H32O3/c1-19(2,3)13-7-10-15-9-6-12-17(21)16(15)11-8-14-20(4,5)18(22)23/h6,9,12,21H,7-8,10-11,13-14H2,1-5H3,(H,22,23). The zero-order valence-corrected chi connectivity index (χ0v) is 15.3. The number of phenolic OH excluding ortho intramolecular Hbond substituents is 1. The molecule has 0 unspecified atom stereocenters. The molecule has 130 valence electrons. The number of phenols is 1. The number of carboxylic acid groups (broad SMARTS) is 1. The van der Waals surface area contributed by atoms with Gasteiger partial charge in [-0.1, -0.05) is 32.9 Å². The molecule has 0 aromatic heterocycles. The molecule has 0 amide bonds. The number of aromatic hydroxyl groups is 1. The first kappa shape index (κ1) is 19.5. The summed E-state index contributed by atoms with van der Waals surface area (Å²) < 4.78 is 0. The van der Waals surface area contributed by atoms with E-state index in [0.29, 0.717) is 17.6 Å². The van der Waals surface area contributed by atoms with Crippen molar-refractivity contribution in [2.75, 3.05) is 0 Å². The van der Waals surface area contributed by atoms with Crippen LogP contribution in [-0.4, -0.2) is 16.2 Å². The Morgan fingerprint density at radius 1 is 1.00 bits per heavy atom. The van der Waals surface area contributed by atoms with Gasteiger partial charge in [-0.2, -0.15) is 0 Å². The van der Waals surface area contributed by atoms with Gasteiger partial charge in [0.2, 0.25) is 0 Å². The molecule has 3 nitrogen and oxygen atoms in total. The van der Waals surface area contributed by atoms with E-state index in [0.717, 1.165) is 37.7 Å². The van der Waals surface area contributed by atoms with Gasteiger partial charge in [0, 0.05) is 0 Å². The summed E-state index contributed by atoms with van der Waals surface area (Å²) in [6.45, 7) is 10.2. The van der Waals surface area contributed by atoms with E-state index in [1.807, 2.05) is 6.07 Å². The fourth-order valence-electron chi connectivity index (χ4n) is 2.77. The quantitative estimate of drug-likeness (QED) is 0.692. The zero-order valence-electron chi connectivity index (χ0n) is 15.3. The summed E-state index contributed by atoms with van der Waals surface area (Å²) in [5.74, 6) is -0.424. The Balaban J connectivity index is 2.69. The summed E-state index contributed by atoms with van der Waals surface area (Å²) in [6.07, 6.45) is 5.31. The molecular weight excluding hydrogens is 288 g/mol. The Kier molecular flexibility index (Phi) is 6.67. The normalized spacial score (nSPS) is 12.4. The van der Waals surface area contributed by atoms with Crippen molar-refractivity contribution in [2.24, 2.45) is 10.8 Å². The highest BCUT2D eigenvalue weighted by atomic mass is 16.4. The van der Waals surface area contributed by atoms with Crippen LogP contribution in [0.5, 0.6) is 5.75 Å². The van der Waals surface area contributed by atoms with Crippen LogP contribution >= 0.6 is 0 Å². The van der Waals surface area contributed by atoms with E-state index in [4.69, 9.17) is 0 Å². The molecule has 1 aromatic carbocycles. The molecule has 0 aliphatic rings. The van der Waals surface area contributed by atoms with Gasteiger partial charge in [-0.15, -0.1) is 0 Å². The average Bonchev–Trinajstić information content (AvgIpc) is 2.40. The van der Waals surface area contributed by atoms with Crippen LogP contribution in [0.4, 0.5) is 0 Å². The molecule has 23 heavy (non-hydrogen) atoms. The lowest BCUT2D eigenvalue weighted by Crippen LogP contribution is -2.23. The smallest absolute Gasteiger partial charge is 0.309 e. The maximum Gasteiger partial charge on any atom is 0.309 e. The van der Waals surface area contributed by atoms with Crippen molar-refractivity contribution < 1.29 is 15.0 Å². The number of rotatable bonds is 8. The van der Waals surface area contributed by atoms with Gasteiger partial charge in [-0.3, -0.25) is 4.79 Å². The third kappa shape index (κ3) is 6.64. The maximum atomic E-state index is 11.2. The largest absolute Gasteiger partial charge is 0.508 e. The molecule has 0 saturated heterocycles. The second-order valence-electron chi connectivity index (χ2n) is 8.37. The van der Waals surface area contributed by atoms with Crippen molar-refractivity contribution in [3.63, 3.8) is 0 Å². The minimum Gasteiger partial charge on any atom is -0.508 e. The molecule has 0 spiro atoms. The molecule has 0 aliphatic carbocycles. The predicted octanol–water partition coefficient (Wildman–Crippen LogP) is 5.19. The molecule has 2 N–H and O–H groups in total. The summed E-state index contributed by atoms with van der Waals surface area (Å²) >= 11 is 0. The predicted molar refractivity (Wildman–Crippen MR) is 94.9 cm³/mol. The first-order valence-corrected chi connectivity index (χ1v) is 8.56. The Morgan fingerprint density at radius 3 is 2.17 bits per heavy atom. The molecule has 0 fully saturated rings. The Bertz CT molecular complexity index is 524. The molecule has 0 saturated carbocycles. The Hall–Kier alpha value is -1.51. The van der Waals surface area contributed by atoms with E-state index in [1.54, 1.807) is 19.9 Å². The lowest BCUT2D eigenvalue weighted by Gasteiger charge is -2.20. The van der Waals surface area contributed by atoms with Gasteiger partial charge in [0.15, 0.2) is 0 Å². The van der Waals surface area contributed by atoms with Crippen molar-refractivity contribution >= 4 is 5.97 Å². The second-order valence-corrected chi connectivity index (χ2v) is 8.37. The van der Waals surface area contributed by atoms with Gasteiger partial charge in [-0.25, -0.2) is 0 Å². The van der Waals surface area contributed by atoms with Crippen LogP contribution in [0.3, 0.4) is 0 Å². The highest BCUT2D eigenvalue weighted by Gasteiger charge is 2.26. The van der Waals surface area contributed by atoms with E-state index >= 15 is 0 Å². The average molecular weight is 320 g/mol. The van der Waals surface area contributed by atoms with Crippen molar-refractivity contribution in [1.29, 1.82) is 0 Å². The van der Waals surface area contributed by atoms with Crippen molar-refractivity contribution in [3.8, 4) is 5.75 Å². The van der Waals surface area contributed by atoms with Gasteiger partial charge in [0.05, 0.1) is 5.41 Å². The van der Waals surface area contributed by atoms with E-state index in [9.17, 15) is 15.0 Å². The van der Waals surface area contributed by atoms with Crippen LogP contribution in [-0.2, 0) is 17.6 Å². The minimum atomic E-state index is -0.764. The number of aryl methyl sites for hydroxylation is 1. The van der Waals surface area contributed by atoms with Gasteiger partial charge in [-0.05, 0) is 75.0 Å². The molecule has 0 atom stereocenters. The lowest BCUT2D eigenvalue weighted by atomic mass is 9.85. The molecule has 0 radical (unpaired) electrons. The third-order valence-electron chi connectivity index (χ3n) is 4.43. The van der Waals surface area contributed by atoms with Crippen LogP contribution in [0.2, 0.25) is 0 Å². The van der Waals surface area contributed by atoms with Gasteiger partial charge in [0.1, 0.15) is 5.75 Å². The van der Waals surface area contributed by atoms with E-state index in [1.165, 1.54) is 5.56 Å². The van der Waals surface area contributed by atoms with Crippen molar-refractivity contribution in [3.05, 3.63) is 29.3 Å². The Morgan fingerprint density at radius 2 is 1.61 bits per heavy atom. The maximum absolute atomic E-state index is 11.2. The molecule has 1 aromatic rings. The highest BCUT2D eigenvalue weighted by molar-refractivity contribution is 5.73. The summed E-state index contributed by atoms with van der Waals surface area (Å²) in [7, 11) is 0. The fourth-order valence-corrected chi connectivity index (χ4v) is 2.77. The van der Waals surface area contributed by atoms with Crippen molar-refractivity contribution in [1.82, 2.24) is 0 Å². The topological polar surface area (TPSA) is 57.5 Å². The first-order valence-electron chi connectivity index (χ1n) is 8.56. The van der Waals surface area contributed by atoms with Crippen LogP contribution in [0, 0.1) is 10.8 Å². The number of benzene rings is 1. The Labute approximate surface area is 140 Å². The molecule has 0 heterocycles. The van der Waals surface area contributed by atoms with Crippen LogP contribution < -0.4 is 0 Å². The first-order chi connectivity index (χ1) is 10.5. The summed E-state index contributed by atoms with van der Waals surface area (Å²) in [5, 5.41) is 19.4. The minimum absolute atomic E-state index is 0.322. The molecule has 1 rings (SSSR count). The second kappa shape index (κ2) is 7.85. The fraction of sp³-hybridized carbons (Fsp3) is 0.650. The number of hydrogen-bond acceptors (Lipinski definition) is 2. The monoisotopic (exact) mass is 320 g/mol. The zero-order chi connectivity index (χ0) is 17.7. The highest BCUT2D eigenvalue weighted by Crippen LogP contribution is 2.29. The molecular formula is C20H32O3. The van der Waals surface area contributed by atoms with E-state index in [-0.39, 0.29) is 0 Å². The van der Waals surface area contributed by atoms with Crippen LogP contribution in [0.15, 0.2) is 18.2 Å². The van der Waals surface area contributed by atoms with Gasteiger partial charge < -0.3 is 10.2 Å². The van der Waals surface area contributed by atoms with E-state index < -0.39 is 11.4 Å². The van der Waals surface area contributed by atoms with Gasteiger partial charge in [0.25, 0.3) is 0 Å². The molecule has 0 bridgehead atoms. The lowest BCUT2D eigenvalue weighted by molar-refractivity contribution is -0.147. The number of hydrogen-bond donors (Lipinski definition) is 2. The number of aliphatic carboxylic acids is 1. The summed E-state index contributed by atoms with van der Waals surface area (Å²) in [4.78, 5) is 11.2. The number of carboxylic acids is 1.